The van der Waals surface area contributed by atoms with Crippen LogP contribution in [-0.2, 0) is 6.54 Å². The van der Waals surface area contributed by atoms with Crippen LogP contribution in [0.25, 0.3) is 11.0 Å². The van der Waals surface area contributed by atoms with Gasteiger partial charge in [0.1, 0.15) is 5.52 Å². The molecule has 2 N–H and O–H groups in total. The summed E-state index contributed by atoms with van der Waals surface area (Å²) in [5.74, 6) is 1.31. The van der Waals surface area contributed by atoms with Crippen LogP contribution in [-0.4, -0.2) is 14.5 Å². The van der Waals surface area contributed by atoms with Gasteiger partial charge in [0, 0.05) is 12.7 Å². The van der Waals surface area contributed by atoms with Gasteiger partial charge in [0.05, 0.1) is 11.7 Å². The zero-order valence-electron chi connectivity index (χ0n) is 10.3. The molecule has 0 bridgehead atoms. The second kappa shape index (κ2) is 3.45. The summed E-state index contributed by atoms with van der Waals surface area (Å²) in [6.07, 6.45) is 6.18. The molecule has 0 aromatic carbocycles. The predicted molar refractivity (Wildman–Crippen MR) is 68.4 cm³/mol. The van der Waals surface area contributed by atoms with Crippen LogP contribution in [0.5, 0.6) is 0 Å². The van der Waals surface area contributed by atoms with Gasteiger partial charge in [-0.25, -0.2) is 4.98 Å². The van der Waals surface area contributed by atoms with Crippen LogP contribution in [0.4, 0.5) is 5.95 Å². The molecule has 17 heavy (non-hydrogen) atoms. The summed E-state index contributed by atoms with van der Waals surface area (Å²) in [5, 5.41) is 0. The Kier molecular flexibility index (Phi) is 2.15. The summed E-state index contributed by atoms with van der Waals surface area (Å²) in [5.41, 5.74) is 8.44. The van der Waals surface area contributed by atoms with Crippen LogP contribution in [0.1, 0.15) is 26.7 Å². The van der Waals surface area contributed by atoms with Crippen molar-refractivity contribution in [3.63, 3.8) is 0 Å². The second-order valence-electron chi connectivity index (χ2n) is 5.44. The highest BCUT2D eigenvalue weighted by Crippen LogP contribution is 2.53. The molecule has 4 heteroatoms. The Hall–Kier alpha value is -1.58. The Labute approximate surface area is 101 Å². The average Bonchev–Trinajstić information content (AvgIpc) is 3.01. The fourth-order valence-electron chi connectivity index (χ4n) is 2.56. The van der Waals surface area contributed by atoms with Crippen molar-refractivity contribution in [3.8, 4) is 0 Å². The third-order valence-corrected chi connectivity index (χ3v) is 4.17. The molecule has 1 aliphatic carbocycles. The minimum atomic E-state index is 0.436. The van der Waals surface area contributed by atoms with E-state index in [2.05, 4.69) is 28.4 Å². The lowest BCUT2D eigenvalue weighted by molar-refractivity contribution is 0.314. The van der Waals surface area contributed by atoms with Crippen molar-refractivity contribution in [1.29, 1.82) is 0 Å². The Morgan fingerprint density at radius 2 is 2.24 bits per heavy atom. The summed E-state index contributed by atoms with van der Waals surface area (Å²) in [4.78, 5) is 8.45. The number of fused-ring (bicyclic) bond motifs is 1. The van der Waals surface area contributed by atoms with Gasteiger partial charge >= 0.3 is 0 Å². The normalized spacial score (nSPS) is 17.8. The van der Waals surface area contributed by atoms with Crippen molar-refractivity contribution < 1.29 is 0 Å². The molecule has 2 aromatic heterocycles. The first-order valence-corrected chi connectivity index (χ1v) is 6.18. The van der Waals surface area contributed by atoms with E-state index < -0.39 is 0 Å². The minimum Gasteiger partial charge on any atom is -0.369 e. The molecule has 4 nitrogen and oxygen atoms in total. The second-order valence-corrected chi connectivity index (χ2v) is 5.44. The summed E-state index contributed by atoms with van der Waals surface area (Å²) in [6.45, 7) is 5.57. The Bertz CT molecular complexity index is 552. The van der Waals surface area contributed by atoms with Crippen LogP contribution < -0.4 is 5.73 Å². The van der Waals surface area contributed by atoms with Gasteiger partial charge in [-0.15, -0.1) is 0 Å². The van der Waals surface area contributed by atoms with Gasteiger partial charge in [0.2, 0.25) is 5.95 Å². The van der Waals surface area contributed by atoms with E-state index in [1.54, 1.807) is 12.4 Å². The van der Waals surface area contributed by atoms with E-state index in [9.17, 15) is 0 Å². The number of aromatic nitrogens is 3. The van der Waals surface area contributed by atoms with Crippen molar-refractivity contribution in [3.05, 3.63) is 18.5 Å². The van der Waals surface area contributed by atoms with Gasteiger partial charge in [-0.05, 0) is 30.2 Å². The molecule has 90 valence electrons. The maximum atomic E-state index is 6.01. The van der Waals surface area contributed by atoms with Crippen LogP contribution in [0.15, 0.2) is 18.5 Å². The van der Waals surface area contributed by atoms with Gasteiger partial charge in [0.15, 0.2) is 0 Å². The first kappa shape index (κ1) is 10.6. The van der Waals surface area contributed by atoms with Crippen LogP contribution in [0, 0.1) is 11.3 Å². The van der Waals surface area contributed by atoms with Crippen molar-refractivity contribution in [2.24, 2.45) is 11.3 Å². The maximum Gasteiger partial charge on any atom is 0.201 e. The van der Waals surface area contributed by atoms with E-state index in [1.165, 1.54) is 12.8 Å². The van der Waals surface area contributed by atoms with E-state index >= 15 is 0 Å². The van der Waals surface area contributed by atoms with Gasteiger partial charge in [-0.1, -0.05) is 13.8 Å². The summed E-state index contributed by atoms with van der Waals surface area (Å²) in [7, 11) is 0. The summed E-state index contributed by atoms with van der Waals surface area (Å²) >= 11 is 0. The largest absolute Gasteiger partial charge is 0.369 e. The van der Waals surface area contributed by atoms with Crippen molar-refractivity contribution in [2.75, 3.05) is 5.73 Å². The molecule has 0 saturated heterocycles. The molecular weight excluding hydrogens is 212 g/mol. The summed E-state index contributed by atoms with van der Waals surface area (Å²) < 4.78 is 2.14. The lowest BCUT2D eigenvalue weighted by atomic mass is 9.92. The number of hydrogen-bond donors (Lipinski definition) is 1. The average molecular weight is 230 g/mol. The smallest absolute Gasteiger partial charge is 0.201 e. The Morgan fingerprint density at radius 1 is 1.47 bits per heavy atom. The number of nitrogens with zero attached hydrogens (tertiary/aromatic N) is 3. The molecular formula is C13H18N4. The van der Waals surface area contributed by atoms with E-state index in [1.807, 2.05) is 6.07 Å². The zero-order chi connectivity index (χ0) is 12.0. The quantitative estimate of drug-likeness (QED) is 0.881. The van der Waals surface area contributed by atoms with Crippen LogP contribution in [0.2, 0.25) is 0 Å². The molecule has 1 saturated carbocycles. The van der Waals surface area contributed by atoms with Gasteiger partial charge in [-0.3, -0.25) is 4.98 Å². The minimum absolute atomic E-state index is 0.436. The molecule has 1 aliphatic rings. The Balaban J connectivity index is 2.03. The monoisotopic (exact) mass is 230 g/mol. The molecule has 0 unspecified atom stereocenters. The number of imidazole rings is 1. The molecule has 2 heterocycles. The van der Waals surface area contributed by atoms with Crippen LogP contribution in [0.3, 0.4) is 0 Å². The highest BCUT2D eigenvalue weighted by atomic mass is 15.2. The van der Waals surface area contributed by atoms with E-state index in [0.29, 0.717) is 17.3 Å². The number of pyridine rings is 1. The van der Waals surface area contributed by atoms with Crippen molar-refractivity contribution in [1.82, 2.24) is 14.5 Å². The van der Waals surface area contributed by atoms with E-state index in [4.69, 9.17) is 5.73 Å². The van der Waals surface area contributed by atoms with E-state index in [-0.39, 0.29) is 0 Å². The van der Waals surface area contributed by atoms with Crippen molar-refractivity contribution >= 4 is 17.0 Å². The molecule has 0 aliphatic heterocycles. The maximum absolute atomic E-state index is 6.01. The first-order chi connectivity index (χ1) is 8.12. The van der Waals surface area contributed by atoms with Crippen LogP contribution >= 0.6 is 0 Å². The molecule has 1 fully saturated rings. The van der Waals surface area contributed by atoms with Crippen molar-refractivity contribution in [2.45, 2.75) is 33.2 Å². The molecule has 0 amide bonds. The first-order valence-electron chi connectivity index (χ1n) is 6.18. The van der Waals surface area contributed by atoms with Gasteiger partial charge in [0.25, 0.3) is 0 Å². The third-order valence-electron chi connectivity index (χ3n) is 4.17. The molecule has 0 radical (unpaired) electrons. The lowest BCUT2D eigenvalue weighted by Gasteiger charge is -2.21. The fourth-order valence-corrected chi connectivity index (χ4v) is 2.56. The summed E-state index contributed by atoms with van der Waals surface area (Å²) in [6, 6.07) is 2.00. The number of hydrogen-bond acceptors (Lipinski definition) is 3. The highest BCUT2D eigenvalue weighted by Gasteiger charge is 2.45. The molecule has 0 spiro atoms. The van der Waals surface area contributed by atoms with E-state index in [0.717, 1.165) is 17.6 Å². The molecule has 0 atom stereocenters. The molecule has 3 rings (SSSR count). The standard InChI is InChI=1S/C13H18N4/c1-9(2)13(4-5-13)8-17-11-3-6-15-7-10(11)16-12(17)14/h3,6-7,9H,4-5,8H2,1-2H3,(H2,14,16). The topological polar surface area (TPSA) is 56.7 Å². The van der Waals surface area contributed by atoms with Gasteiger partial charge < -0.3 is 10.3 Å². The SMILES string of the molecule is CC(C)C1(Cn2c(N)nc3cnccc32)CC1. The number of rotatable bonds is 3. The fraction of sp³-hybridized carbons (Fsp3) is 0.538. The Morgan fingerprint density at radius 3 is 2.88 bits per heavy atom. The lowest BCUT2D eigenvalue weighted by Crippen LogP contribution is -2.18. The third kappa shape index (κ3) is 1.59. The molecule has 2 aromatic rings. The predicted octanol–water partition coefficient (Wildman–Crippen LogP) is 2.45. The number of anilines is 1. The van der Waals surface area contributed by atoms with Gasteiger partial charge in [-0.2, -0.15) is 0 Å². The number of nitrogens with two attached hydrogens (primary N) is 1. The highest BCUT2D eigenvalue weighted by molar-refractivity contribution is 5.77. The number of nitrogen functional groups attached to an aromatic ring is 1. The zero-order valence-corrected chi connectivity index (χ0v) is 10.3.